The van der Waals surface area contributed by atoms with Gasteiger partial charge in [-0.25, -0.2) is 14.4 Å². The number of carbonyl (C=O) groups is 3. The molecular formula is C52H80O18. The lowest BCUT2D eigenvalue weighted by atomic mass is 9.32. The maximum absolute atomic E-state index is 13.8. The maximum Gasteiger partial charge on any atom is 0.335 e. The summed E-state index contributed by atoms with van der Waals surface area (Å²) in [5, 5.41) is 99.9. The van der Waals surface area contributed by atoms with Crippen LogP contribution in [0, 0.1) is 50.2 Å². The number of aliphatic hydroxyl groups is 8. The van der Waals surface area contributed by atoms with Gasteiger partial charge in [0.15, 0.2) is 24.8 Å². The molecule has 0 aromatic heterocycles. The Labute approximate surface area is 411 Å². The number of hydrogen-bond donors (Lipinski definition) is 9. The van der Waals surface area contributed by atoms with E-state index in [4.69, 9.17) is 28.4 Å². The van der Waals surface area contributed by atoms with Crippen molar-refractivity contribution < 1.29 is 88.8 Å². The van der Waals surface area contributed by atoms with E-state index in [-0.39, 0.29) is 29.2 Å². The number of carbonyl (C=O) groups excluding carboxylic acids is 2. The zero-order valence-corrected chi connectivity index (χ0v) is 42.6. The molecule has 0 amide bonds. The molecule has 4 saturated carbocycles. The molecule has 5 aliphatic carbocycles. The maximum atomic E-state index is 13.8. The van der Waals surface area contributed by atoms with Gasteiger partial charge in [0.1, 0.15) is 36.6 Å². The SMILES string of the molecule is C/C=C(/C)C(=O)O[C@H]1[C@H](OC(=O)/C(C)=C\C)[C@@]2(CO)C(CC1(C)C)C1=CCC3[C@@]4(C)CC[C@H](O[C@@H]5OC(C(=O)O)[C@@H](O)CC5O[C@@H]5OC(CO)[C@H](O)[C@@H](O)C5O)C(C)(C)C4CC[C@@]3(C)[C@]1(C)[C@@H](O)[C@H]2O. The Morgan fingerprint density at radius 3 is 1.94 bits per heavy atom. The van der Waals surface area contributed by atoms with E-state index >= 15 is 0 Å². The summed E-state index contributed by atoms with van der Waals surface area (Å²) in [4.78, 5) is 39.6. The van der Waals surface area contributed by atoms with Gasteiger partial charge in [-0.1, -0.05) is 72.3 Å². The Morgan fingerprint density at radius 1 is 0.757 bits per heavy atom. The van der Waals surface area contributed by atoms with E-state index < -0.39 is 150 Å². The molecule has 9 N–H and O–H groups in total. The van der Waals surface area contributed by atoms with Crippen LogP contribution in [0.15, 0.2) is 34.9 Å². The summed E-state index contributed by atoms with van der Waals surface area (Å²) in [6.45, 7) is 19.8. The van der Waals surface area contributed by atoms with Crippen LogP contribution in [-0.4, -0.2) is 163 Å². The van der Waals surface area contributed by atoms with Gasteiger partial charge in [0.05, 0.1) is 43.0 Å². The number of ether oxygens (including phenoxy) is 6. The summed E-state index contributed by atoms with van der Waals surface area (Å²) in [7, 11) is 0. The predicted molar refractivity (Wildman–Crippen MR) is 249 cm³/mol. The van der Waals surface area contributed by atoms with Gasteiger partial charge in [-0.05, 0) is 100 Å². The molecule has 2 aliphatic heterocycles. The molecule has 0 radical (unpaired) electrons. The Morgan fingerprint density at radius 2 is 1.37 bits per heavy atom. The van der Waals surface area contributed by atoms with Crippen molar-refractivity contribution in [3.63, 3.8) is 0 Å². The number of fused-ring (bicyclic) bond motifs is 7. The Balaban J connectivity index is 1.22. The number of esters is 2. The number of aliphatic hydroxyl groups excluding tert-OH is 8. The van der Waals surface area contributed by atoms with E-state index in [1.807, 2.05) is 20.8 Å². The second-order valence-electron chi connectivity index (χ2n) is 23.6. The standard InChI is InChI=1S/C52H80O18/c1-12-24(3)43(63)69-40-41(70-44(64)25(4)13-2)52(23-54)27(21-47(40,5)6)26-14-15-32-49(9)18-17-33(48(7,8)31(49)16-19-50(32,10)51(26,11)38(59)39(52)60)67-45-29(20-28(55)37(68-45)42(61)62)65-46-36(58)35(57)34(56)30(22-53)66-46/h12-14,27-41,45-46,53-60H,15-23H2,1-11H3,(H,61,62)/b24-12-,25-13-/t27?,28-,29?,30?,31?,32?,33-,34-,35+,36?,37?,38-,39+,40-,41-,45+,46+,49-,50+,51-,52-/m0/s1. The van der Waals surface area contributed by atoms with Gasteiger partial charge in [-0.3, -0.25) is 0 Å². The molecule has 7 rings (SSSR count). The Kier molecular flexibility index (Phi) is 15.3. The van der Waals surface area contributed by atoms with Crippen molar-refractivity contribution in [2.24, 2.45) is 50.2 Å². The average Bonchev–Trinajstić information content (AvgIpc) is 3.30. The first-order valence-corrected chi connectivity index (χ1v) is 25.1. The van der Waals surface area contributed by atoms with Gasteiger partial charge >= 0.3 is 17.9 Å². The highest BCUT2D eigenvalue weighted by Gasteiger charge is 2.76. The van der Waals surface area contributed by atoms with E-state index in [0.717, 1.165) is 5.57 Å². The summed E-state index contributed by atoms with van der Waals surface area (Å²) in [6.07, 6.45) is -11.5. The molecule has 2 saturated heterocycles. The second kappa shape index (κ2) is 19.4. The molecule has 7 aliphatic rings. The van der Waals surface area contributed by atoms with Crippen LogP contribution >= 0.6 is 0 Å². The summed E-state index contributed by atoms with van der Waals surface area (Å²) < 4.78 is 36.9. The molecule has 396 valence electrons. The van der Waals surface area contributed by atoms with Crippen LogP contribution in [0.25, 0.3) is 0 Å². The lowest BCUT2D eigenvalue weighted by Crippen LogP contribution is -2.76. The number of aliphatic carboxylic acids is 1. The normalized spacial score (nSPS) is 47.9. The van der Waals surface area contributed by atoms with E-state index in [2.05, 4.69) is 33.8 Å². The molecule has 0 spiro atoms. The van der Waals surface area contributed by atoms with Crippen LogP contribution in [-0.2, 0) is 42.8 Å². The monoisotopic (exact) mass is 993 g/mol. The fourth-order valence-corrected chi connectivity index (χ4v) is 14.9. The highest BCUT2D eigenvalue weighted by atomic mass is 16.8. The van der Waals surface area contributed by atoms with Crippen LogP contribution in [0.3, 0.4) is 0 Å². The van der Waals surface area contributed by atoms with Crippen molar-refractivity contribution in [2.45, 2.75) is 207 Å². The molecule has 21 atom stereocenters. The molecule has 0 bridgehead atoms. The molecule has 0 aromatic carbocycles. The molecular weight excluding hydrogens is 913 g/mol. The fourth-order valence-electron chi connectivity index (χ4n) is 14.9. The third kappa shape index (κ3) is 8.35. The van der Waals surface area contributed by atoms with E-state index in [0.29, 0.717) is 44.1 Å². The quantitative estimate of drug-likeness (QED) is 0.0623. The fraction of sp³-hybridized carbons (Fsp3) is 0.827. The Hall–Kier alpha value is -2.85. The highest BCUT2D eigenvalue weighted by Crippen LogP contribution is 2.76. The van der Waals surface area contributed by atoms with Crippen molar-refractivity contribution >= 4 is 17.9 Å². The minimum absolute atomic E-state index is 0.00447. The minimum Gasteiger partial charge on any atom is -0.479 e. The van der Waals surface area contributed by atoms with E-state index in [9.17, 15) is 60.3 Å². The van der Waals surface area contributed by atoms with Crippen molar-refractivity contribution in [1.29, 1.82) is 0 Å². The number of allylic oxidation sites excluding steroid dienone is 3. The lowest BCUT2D eigenvalue weighted by Gasteiger charge is -2.73. The van der Waals surface area contributed by atoms with Gasteiger partial charge in [0.2, 0.25) is 0 Å². The molecule has 6 fully saturated rings. The van der Waals surface area contributed by atoms with Gasteiger partial charge in [0, 0.05) is 28.4 Å². The number of rotatable bonds is 11. The zero-order chi connectivity index (χ0) is 52.0. The van der Waals surface area contributed by atoms with Gasteiger partial charge in [0.25, 0.3) is 0 Å². The average molecular weight is 993 g/mol. The second-order valence-corrected chi connectivity index (χ2v) is 23.6. The first-order chi connectivity index (χ1) is 32.6. The molecule has 18 heteroatoms. The topological polar surface area (TPSA) is 289 Å². The molecule has 18 nitrogen and oxygen atoms in total. The third-order valence-corrected chi connectivity index (χ3v) is 19.5. The molecule has 70 heavy (non-hydrogen) atoms. The lowest BCUT2D eigenvalue weighted by molar-refractivity contribution is -0.359. The zero-order valence-electron chi connectivity index (χ0n) is 42.6. The van der Waals surface area contributed by atoms with Gasteiger partial charge < -0.3 is 74.4 Å². The molecule has 0 aromatic rings. The predicted octanol–water partition coefficient (Wildman–Crippen LogP) is 2.83. The van der Waals surface area contributed by atoms with Crippen molar-refractivity contribution in [3.05, 3.63) is 34.9 Å². The van der Waals surface area contributed by atoms with Gasteiger partial charge in [-0.15, -0.1) is 0 Å². The van der Waals surface area contributed by atoms with Crippen LogP contribution in [0.1, 0.15) is 121 Å². The van der Waals surface area contributed by atoms with Crippen molar-refractivity contribution in [1.82, 2.24) is 0 Å². The van der Waals surface area contributed by atoms with Gasteiger partial charge in [-0.2, -0.15) is 0 Å². The summed E-state index contributed by atoms with van der Waals surface area (Å²) in [6, 6.07) is 0. The van der Waals surface area contributed by atoms with Crippen LogP contribution in [0.2, 0.25) is 0 Å². The number of carboxylic acids is 1. The first-order valence-electron chi connectivity index (χ1n) is 25.1. The number of hydrogen-bond acceptors (Lipinski definition) is 17. The number of carboxylic acid groups (broad SMARTS) is 1. The molecule has 7 unspecified atom stereocenters. The third-order valence-electron chi connectivity index (χ3n) is 19.5. The highest BCUT2D eigenvalue weighted by molar-refractivity contribution is 5.89. The Bertz CT molecular complexity index is 2080. The first kappa shape index (κ1) is 54.9. The smallest absolute Gasteiger partial charge is 0.335 e. The van der Waals surface area contributed by atoms with Crippen LogP contribution in [0.4, 0.5) is 0 Å². The van der Waals surface area contributed by atoms with Crippen LogP contribution < -0.4 is 0 Å². The van der Waals surface area contributed by atoms with E-state index in [1.54, 1.807) is 39.8 Å². The summed E-state index contributed by atoms with van der Waals surface area (Å²) in [5.41, 5.74) is -3.67. The molecule has 2 heterocycles. The largest absolute Gasteiger partial charge is 0.479 e. The van der Waals surface area contributed by atoms with E-state index in [1.165, 1.54) is 0 Å². The summed E-state index contributed by atoms with van der Waals surface area (Å²) in [5.74, 6) is -3.39. The van der Waals surface area contributed by atoms with Crippen molar-refractivity contribution in [3.8, 4) is 0 Å². The van der Waals surface area contributed by atoms with Crippen LogP contribution in [0.5, 0.6) is 0 Å². The minimum atomic E-state index is -1.77. The summed E-state index contributed by atoms with van der Waals surface area (Å²) >= 11 is 0. The van der Waals surface area contributed by atoms with Crippen molar-refractivity contribution in [2.75, 3.05) is 13.2 Å².